The van der Waals surface area contributed by atoms with Crippen LogP contribution in [0.5, 0.6) is 5.88 Å². The second-order valence-corrected chi connectivity index (χ2v) is 3.84. The van der Waals surface area contributed by atoms with Gasteiger partial charge in [0, 0.05) is 11.8 Å². The summed E-state index contributed by atoms with van der Waals surface area (Å²) in [6.45, 7) is 3.74. The summed E-state index contributed by atoms with van der Waals surface area (Å²) in [7, 11) is 1.54. The van der Waals surface area contributed by atoms with Gasteiger partial charge in [-0.05, 0) is 26.0 Å². The molecule has 0 aromatic carbocycles. The lowest BCUT2D eigenvalue weighted by Gasteiger charge is -2.06. The molecule has 0 aliphatic heterocycles. The molecule has 0 saturated carbocycles. The predicted molar refractivity (Wildman–Crippen MR) is 64.3 cm³/mol. The topological polar surface area (TPSA) is 77.2 Å². The van der Waals surface area contributed by atoms with Gasteiger partial charge in [-0.2, -0.15) is 9.78 Å². The zero-order chi connectivity index (χ0) is 13.3. The molecular formula is C12H13N3O3. The van der Waals surface area contributed by atoms with Crippen LogP contribution in [0.2, 0.25) is 0 Å². The van der Waals surface area contributed by atoms with Crippen LogP contribution in [0.1, 0.15) is 21.6 Å². The van der Waals surface area contributed by atoms with Gasteiger partial charge in [0.2, 0.25) is 5.88 Å². The Hall–Kier alpha value is -2.37. The monoisotopic (exact) mass is 247 g/mol. The van der Waals surface area contributed by atoms with Gasteiger partial charge >= 0.3 is 5.97 Å². The first-order valence-corrected chi connectivity index (χ1v) is 5.34. The van der Waals surface area contributed by atoms with Crippen LogP contribution in [-0.2, 0) is 0 Å². The van der Waals surface area contributed by atoms with E-state index in [0.717, 1.165) is 11.3 Å². The first kappa shape index (κ1) is 12.1. The number of carbonyl (C=O) groups is 1. The highest BCUT2D eigenvalue weighted by Gasteiger charge is 2.15. The average molecular weight is 247 g/mol. The molecule has 0 saturated heterocycles. The molecule has 0 unspecified atom stereocenters. The molecule has 2 heterocycles. The predicted octanol–water partition coefficient (Wildman–Crippen LogP) is 1.59. The number of aryl methyl sites for hydroxylation is 1. The Kier molecular flexibility index (Phi) is 3.01. The number of rotatable bonds is 3. The molecule has 2 rings (SSSR count). The molecule has 2 aromatic rings. The number of carboxylic acid groups (broad SMARTS) is 1. The van der Waals surface area contributed by atoms with Gasteiger partial charge < -0.3 is 9.84 Å². The summed E-state index contributed by atoms with van der Waals surface area (Å²) in [5.74, 6) is -0.0243. The van der Waals surface area contributed by atoms with Crippen molar-refractivity contribution in [2.45, 2.75) is 13.8 Å². The average Bonchev–Trinajstić information content (AvgIpc) is 2.65. The molecule has 0 bridgehead atoms. The minimum Gasteiger partial charge on any atom is -0.481 e. The summed E-state index contributed by atoms with van der Waals surface area (Å²) in [6, 6.07) is 2.89. The second-order valence-electron chi connectivity index (χ2n) is 3.84. The Morgan fingerprint density at radius 3 is 2.78 bits per heavy atom. The van der Waals surface area contributed by atoms with E-state index in [2.05, 4.69) is 10.1 Å². The molecule has 1 N–H and O–H groups in total. The number of methoxy groups -OCH3 is 1. The van der Waals surface area contributed by atoms with E-state index in [-0.39, 0.29) is 5.56 Å². The second kappa shape index (κ2) is 4.48. The number of hydrogen-bond acceptors (Lipinski definition) is 4. The molecule has 0 aliphatic carbocycles. The Labute approximate surface area is 104 Å². The van der Waals surface area contributed by atoms with Crippen LogP contribution >= 0.6 is 0 Å². The van der Waals surface area contributed by atoms with Crippen LogP contribution in [-0.4, -0.2) is 33.0 Å². The molecule has 94 valence electrons. The van der Waals surface area contributed by atoms with E-state index < -0.39 is 5.97 Å². The highest BCUT2D eigenvalue weighted by Crippen LogP contribution is 2.23. The van der Waals surface area contributed by atoms with Gasteiger partial charge in [-0.25, -0.2) is 9.78 Å². The maximum absolute atomic E-state index is 10.9. The van der Waals surface area contributed by atoms with E-state index in [0.29, 0.717) is 11.7 Å². The van der Waals surface area contributed by atoms with Crippen molar-refractivity contribution < 1.29 is 14.6 Å². The molecule has 6 heteroatoms. The summed E-state index contributed by atoms with van der Waals surface area (Å²) in [4.78, 5) is 15.0. The van der Waals surface area contributed by atoms with E-state index in [1.165, 1.54) is 23.0 Å². The fraction of sp³-hybridized carbons (Fsp3) is 0.250. The number of carboxylic acids is 1. The first-order valence-electron chi connectivity index (χ1n) is 5.34. The molecule has 0 spiro atoms. The Morgan fingerprint density at radius 2 is 2.17 bits per heavy atom. The first-order chi connectivity index (χ1) is 8.54. The molecular weight excluding hydrogens is 234 g/mol. The highest BCUT2D eigenvalue weighted by atomic mass is 16.5. The number of nitrogens with zero attached hydrogens (tertiary/aromatic N) is 3. The van der Waals surface area contributed by atoms with Crippen molar-refractivity contribution in [3.8, 4) is 11.7 Å². The molecule has 0 fully saturated rings. The van der Waals surface area contributed by atoms with Crippen molar-refractivity contribution in [1.82, 2.24) is 14.8 Å². The third-order valence-electron chi connectivity index (χ3n) is 2.71. The lowest BCUT2D eigenvalue weighted by molar-refractivity contribution is 0.0696. The number of aromatic carboxylic acids is 1. The van der Waals surface area contributed by atoms with Gasteiger partial charge in [0.25, 0.3) is 0 Å². The van der Waals surface area contributed by atoms with Crippen LogP contribution in [0.25, 0.3) is 5.82 Å². The summed E-state index contributed by atoms with van der Waals surface area (Å²) in [5, 5.41) is 13.2. The van der Waals surface area contributed by atoms with Crippen LogP contribution in [0.4, 0.5) is 0 Å². The number of pyridine rings is 1. The van der Waals surface area contributed by atoms with E-state index in [9.17, 15) is 4.79 Å². The third kappa shape index (κ3) is 1.92. The van der Waals surface area contributed by atoms with Crippen LogP contribution in [0.3, 0.4) is 0 Å². The SMILES string of the molecule is COc1c(C)c(C)nn1-c1cc(C(=O)O)ccn1. The van der Waals surface area contributed by atoms with Gasteiger partial charge in [0.15, 0.2) is 5.82 Å². The standard InChI is InChI=1S/C12H13N3O3/c1-7-8(2)14-15(11(7)18-3)10-6-9(12(16)17)4-5-13-10/h4-6H,1-3H3,(H,16,17). The normalized spacial score (nSPS) is 10.4. The number of ether oxygens (including phenoxy) is 1. The van der Waals surface area contributed by atoms with Crippen molar-refractivity contribution in [1.29, 1.82) is 0 Å². The van der Waals surface area contributed by atoms with Gasteiger partial charge in [-0.15, -0.1) is 0 Å². The molecule has 2 aromatic heterocycles. The minimum absolute atomic E-state index is 0.160. The Bertz CT molecular complexity index is 605. The molecule has 18 heavy (non-hydrogen) atoms. The van der Waals surface area contributed by atoms with E-state index in [1.807, 2.05) is 13.8 Å². The summed E-state index contributed by atoms with van der Waals surface area (Å²) < 4.78 is 6.76. The van der Waals surface area contributed by atoms with Gasteiger partial charge in [0.05, 0.1) is 18.4 Å². The van der Waals surface area contributed by atoms with E-state index >= 15 is 0 Å². The van der Waals surface area contributed by atoms with Gasteiger partial charge in [-0.3, -0.25) is 0 Å². The van der Waals surface area contributed by atoms with Crippen LogP contribution < -0.4 is 4.74 Å². The molecule has 0 atom stereocenters. The lowest BCUT2D eigenvalue weighted by Crippen LogP contribution is -2.05. The summed E-state index contributed by atoms with van der Waals surface area (Å²) in [6.07, 6.45) is 1.44. The largest absolute Gasteiger partial charge is 0.481 e. The molecule has 6 nitrogen and oxygen atoms in total. The van der Waals surface area contributed by atoms with Gasteiger partial charge in [-0.1, -0.05) is 0 Å². The van der Waals surface area contributed by atoms with Crippen molar-refractivity contribution in [3.63, 3.8) is 0 Å². The maximum Gasteiger partial charge on any atom is 0.335 e. The van der Waals surface area contributed by atoms with Crippen molar-refractivity contribution >= 4 is 5.97 Å². The molecule has 0 radical (unpaired) electrons. The molecule has 0 amide bonds. The summed E-state index contributed by atoms with van der Waals surface area (Å²) in [5.41, 5.74) is 1.88. The van der Waals surface area contributed by atoms with Crippen molar-refractivity contribution in [2.24, 2.45) is 0 Å². The van der Waals surface area contributed by atoms with Crippen LogP contribution in [0, 0.1) is 13.8 Å². The number of aromatic nitrogens is 3. The highest BCUT2D eigenvalue weighted by molar-refractivity contribution is 5.87. The smallest absolute Gasteiger partial charge is 0.335 e. The minimum atomic E-state index is -1.00. The van der Waals surface area contributed by atoms with Gasteiger partial charge in [0.1, 0.15) is 0 Å². The van der Waals surface area contributed by atoms with E-state index in [4.69, 9.17) is 9.84 Å². The maximum atomic E-state index is 10.9. The molecule has 0 aliphatic rings. The van der Waals surface area contributed by atoms with Crippen molar-refractivity contribution in [2.75, 3.05) is 7.11 Å². The Morgan fingerprint density at radius 1 is 1.44 bits per heavy atom. The fourth-order valence-electron chi connectivity index (χ4n) is 1.65. The summed E-state index contributed by atoms with van der Waals surface area (Å²) >= 11 is 0. The third-order valence-corrected chi connectivity index (χ3v) is 2.71. The Balaban J connectivity index is 2.58. The quantitative estimate of drug-likeness (QED) is 0.891. The fourth-order valence-corrected chi connectivity index (χ4v) is 1.65. The lowest BCUT2D eigenvalue weighted by atomic mass is 10.2. The van der Waals surface area contributed by atoms with Crippen molar-refractivity contribution in [3.05, 3.63) is 35.2 Å². The van der Waals surface area contributed by atoms with E-state index in [1.54, 1.807) is 7.11 Å². The number of hydrogen-bond donors (Lipinski definition) is 1. The van der Waals surface area contributed by atoms with Crippen LogP contribution in [0.15, 0.2) is 18.3 Å². The zero-order valence-corrected chi connectivity index (χ0v) is 10.3. The zero-order valence-electron chi connectivity index (χ0n) is 10.3.